The van der Waals surface area contributed by atoms with Crippen molar-refractivity contribution in [2.24, 2.45) is 5.73 Å². The first-order chi connectivity index (χ1) is 14.0. The summed E-state index contributed by atoms with van der Waals surface area (Å²) in [6, 6.07) is 17.8. The summed E-state index contributed by atoms with van der Waals surface area (Å²) in [5.74, 6) is -1.16. The van der Waals surface area contributed by atoms with Crippen LogP contribution < -0.4 is 15.8 Å². The zero-order valence-electron chi connectivity index (χ0n) is 15.6. The number of esters is 1. The lowest BCUT2D eigenvalue weighted by atomic mass is 9.68. The number of rotatable bonds is 3. The van der Waals surface area contributed by atoms with Crippen LogP contribution in [-0.2, 0) is 26.3 Å². The predicted octanol–water partition coefficient (Wildman–Crippen LogP) is 2.16. The number of para-hydroxylation sites is 1. The molecular formula is C22H17N3O4. The SMILES string of the molecule is CC1=C(C(=O)OCc2ccccc2)[C@]2(C(=O)N1)C(C#N)=C(N)Oc1ccccc12. The van der Waals surface area contributed by atoms with Gasteiger partial charge < -0.3 is 20.5 Å². The fourth-order valence-electron chi connectivity index (χ4n) is 3.81. The third-order valence-electron chi connectivity index (χ3n) is 5.05. The van der Waals surface area contributed by atoms with Crippen molar-refractivity contribution in [2.75, 3.05) is 0 Å². The lowest BCUT2D eigenvalue weighted by molar-refractivity contribution is -0.141. The van der Waals surface area contributed by atoms with Crippen LogP contribution in [0.1, 0.15) is 18.1 Å². The standard InChI is InChI=1S/C22H17N3O4/c1-13-18(20(26)28-12-14-7-3-2-4-8-14)22(21(27)25-13)15-9-5-6-10-17(15)29-19(24)16(22)11-23/h2-10H,12,24H2,1H3,(H,25,27)/t22-/m1/s1. The van der Waals surface area contributed by atoms with E-state index in [-0.39, 0.29) is 23.6 Å². The minimum absolute atomic E-state index is 0.0277. The number of ether oxygens (including phenoxy) is 2. The van der Waals surface area contributed by atoms with Crippen molar-refractivity contribution < 1.29 is 19.1 Å². The van der Waals surface area contributed by atoms with Crippen molar-refractivity contribution in [2.45, 2.75) is 18.9 Å². The molecule has 0 saturated carbocycles. The van der Waals surface area contributed by atoms with Gasteiger partial charge in [-0.3, -0.25) is 4.79 Å². The number of carbonyl (C=O) groups excluding carboxylic acids is 2. The number of fused-ring (bicyclic) bond motifs is 2. The van der Waals surface area contributed by atoms with E-state index in [1.54, 1.807) is 31.2 Å². The molecule has 29 heavy (non-hydrogen) atoms. The molecule has 7 nitrogen and oxygen atoms in total. The second-order valence-electron chi connectivity index (χ2n) is 6.72. The molecule has 1 spiro atoms. The first-order valence-corrected chi connectivity index (χ1v) is 8.91. The first kappa shape index (κ1) is 18.3. The van der Waals surface area contributed by atoms with Crippen LogP contribution in [-0.4, -0.2) is 11.9 Å². The second-order valence-corrected chi connectivity index (χ2v) is 6.72. The molecule has 2 heterocycles. The molecule has 0 aliphatic carbocycles. The Balaban J connectivity index is 1.84. The molecule has 144 valence electrons. The second kappa shape index (κ2) is 6.84. The number of nitrogens with one attached hydrogen (secondary N) is 1. The van der Waals surface area contributed by atoms with Crippen molar-refractivity contribution in [3.05, 3.63) is 88.5 Å². The molecular weight excluding hydrogens is 370 g/mol. The maximum Gasteiger partial charge on any atom is 0.337 e. The summed E-state index contributed by atoms with van der Waals surface area (Å²) in [6.45, 7) is 1.62. The molecule has 0 bridgehead atoms. The fraction of sp³-hybridized carbons (Fsp3) is 0.136. The van der Waals surface area contributed by atoms with E-state index in [4.69, 9.17) is 15.2 Å². The molecule has 7 heteroatoms. The van der Waals surface area contributed by atoms with Crippen molar-refractivity contribution in [1.29, 1.82) is 5.26 Å². The third-order valence-corrected chi connectivity index (χ3v) is 5.05. The minimum atomic E-state index is -1.72. The van der Waals surface area contributed by atoms with E-state index >= 15 is 0 Å². The summed E-state index contributed by atoms with van der Waals surface area (Å²) in [6.07, 6.45) is 0. The average molecular weight is 387 g/mol. The van der Waals surface area contributed by atoms with Crippen molar-refractivity contribution in [3.63, 3.8) is 0 Å². The summed E-state index contributed by atoms with van der Waals surface area (Å²) >= 11 is 0. The molecule has 0 unspecified atom stereocenters. The van der Waals surface area contributed by atoms with E-state index < -0.39 is 17.3 Å². The highest BCUT2D eigenvalue weighted by atomic mass is 16.5. The predicted molar refractivity (Wildman–Crippen MR) is 103 cm³/mol. The summed E-state index contributed by atoms with van der Waals surface area (Å²) < 4.78 is 11.0. The minimum Gasteiger partial charge on any atom is -0.457 e. The summed E-state index contributed by atoms with van der Waals surface area (Å²) in [5.41, 5.74) is 5.63. The summed E-state index contributed by atoms with van der Waals surface area (Å²) in [5, 5.41) is 12.5. The Labute approximate surface area is 167 Å². The third kappa shape index (κ3) is 2.65. The Kier molecular flexibility index (Phi) is 4.32. The van der Waals surface area contributed by atoms with Gasteiger partial charge in [0.2, 0.25) is 11.8 Å². The van der Waals surface area contributed by atoms with Gasteiger partial charge in [0.25, 0.3) is 0 Å². The highest BCUT2D eigenvalue weighted by Crippen LogP contribution is 2.51. The molecule has 0 radical (unpaired) electrons. The molecule has 0 saturated heterocycles. The number of hydrogen-bond acceptors (Lipinski definition) is 6. The molecule has 2 aliphatic heterocycles. The van der Waals surface area contributed by atoms with Crippen molar-refractivity contribution in [3.8, 4) is 11.8 Å². The lowest BCUT2D eigenvalue weighted by Gasteiger charge is -2.34. The molecule has 2 aromatic carbocycles. The lowest BCUT2D eigenvalue weighted by Crippen LogP contribution is -2.46. The van der Waals surface area contributed by atoms with Crippen LogP contribution in [0.3, 0.4) is 0 Å². The van der Waals surface area contributed by atoms with Gasteiger partial charge >= 0.3 is 5.97 Å². The van der Waals surface area contributed by atoms with Gasteiger partial charge in [-0.1, -0.05) is 48.5 Å². The van der Waals surface area contributed by atoms with Crippen LogP contribution in [0.4, 0.5) is 0 Å². The van der Waals surface area contributed by atoms with Gasteiger partial charge in [0.1, 0.15) is 24.0 Å². The van der Waals surface area contributed by atoms with Gasteiger partial charge in [-0.15, -0.1) is 0 Å². The van der Waals surface area contributed by atoms with E-state index in [1.165, 1.54) is 0 Å². The van der Waals surface area contributed by atoms with Gasteiger partial charge in [0.15, 0.2) is 5.41 Å². The Hall–Kier alpha value is -4.05. The Morgan fingerprint density at radius 2 is 1.90 bits per heavy atom. The number of nitrogens with zero attached hydrogens (tertiary/aromatic N) is 1. The average Bonchev–Trinajstić information content (AvgIpc) is 2.98. The highest BCUT2D eigenvalue weighted by Gasteiger charge is 2.59. The molecule has 0 fully saturated rings. The topological polar surface area (TPSA) is 114 Å². The van der Waals surface area contributed by atoms with E-state index in [0.29, 0.717) is 17.0 Å². The zero-order chi connectivity index (χ0) is 20.6. The summed E-state index contributed by atoms with van der Waals surface area (Å²) in [4.78, 5) is 26.3. The zero-order valence-corrected chi connectivity index (χ0v) is 15.6. The normalized spacial score (nSPS) is 20.1. The quantitative estimate of drug-likeness (QED) is 0.780. The molecule has 0 aromatic heterocycles. The Morgan fingerprint density at radius 1 is 1.21 bits per heavy atom. The van der Waals surface area contributed by atoms with Gasteiger partial charge in [0.05, 0.1) is 5.57 Å². The van der Waals surface area contributed by atoms with Gasteiger partial charge in [-0.2, -0.15) is 5.26 Å². The molecule has 3 N–H and O–H groups in total. The number of nitrogens with two attached hydrogens (primary N) is 1. The number of carbonyl (C=O) groups is 2. The molecule has 4 rings (SSSR count). The number of nitriles is 1. The van der Waals surface area contributed by atoms with Crippen LogP contribution in [0.5, 0.6) is 5.75 Å². The molecule has 1 atom stereocenters. The number of hydrogen-bond donors (Lipinski definition) is 2. The van der Waals surface area contributed by atoms with Crippen LogP contribution in [0.15, 0.2) is 77.3 Å². The van der Waals surface area contributed by atoms with Crippen LogP contribution in [0.2, 0.25) is 0 Å². The Morgan fingerprint density at radius 3 is 2.62 bits per heavy atom. The highest BCUT2D eigenvalue weighted by molar-refractivity contribution is 6.12. The number of benzene rings is 2. The Bertz CT molecular complexity index is 1130. The van der Waals surface area contributed by atoms with Crippen LogP contribution >= 0.6 is 0 Å². The summed E-state index contributed by atoms with van der Waals surface area (Å²) in [7, 11) is 0. The van der Waals surface area contributed by atoms with Crippen LogP contribution in [0.25, 0.3) is 0 Å². The van der Waals surface area contributed by atoms with Crippen molar-refractivity contribution >= 4 is 11.9 Å². The fourth-order valence-corrected chi connectivity index (χ4v) is 3.81. The monoisotopic (exact) mass is 387 g/mol. The van der Waals surface area contributed by atoms with Gasteiger partial charge in [-0.25, -0.2) is 4.79 Å². The van der Waals surface area contributed by atoms with Crippen LogP contribution in [0, 0.1) is 11.3 Å². The van der Waals surface area contributed by atoms with Gasteiger partial charge in [-0.05, 0) is 18.6 Å². The maximum atomic E-state index is 13.2. The number of amides is 1. The first-order valence-electron chi connectivity index (χ1n) is 8.91. The van der Waals surface area contributed by atoms with Gasteiger partial charge in [0, 0.05) is 11.3 Å². The van der Waals surface area contributed by atoms with E-state index in [2.05, 4.69) is 5.32 Å². The van der Waals surface area contributed by atoms with E-state index in [1.807, 2.05) is 36.4 Å². The largest absolute Gasteiger partial charge is 0.457 e. The molecule has 1 amide bonds. The van der Waals surface area contributed by atoms with E-state index in [0.717, 1.165) is 5.56 Å². The van der Waals surface area contributed by atoms with E-state index in [9.17, 15) is 14.9 Å². The number of allylic oxidation sites excluding steroid dienone is 1. The molecule has 2 aromatic rings. The smallest absolute Gasteiger partial charge is 0.337 e. The molecule has 2 aliphatic rings. The van der Waals surface area contributed by atoms with Crippen molar-refractivity contribution in [1.82, 2.24) is 5.32 Å². The maximum absolute atomic E-state index is 13.2.